The van der Waals surface area contributed by atoms with Crippen molar-refractivity contribution < 1.29 is 9.53 Å². The molecular formula is C25H24ClN5O2. The fourth-order valence-corrected chi connectivity index (χ4v) is 4.48. The fraction of sp³-hybridized carbons (Fsp3) is 0.240. The number of hydrogen-bond donors (Lipinski definition) is 1. The second kappa shape index (κ2) is 9.11. The van der Waals surface area contributed by atoms with Crippen LogP contribution in [0.4, 0.5) is 0 Å². The van der Waals surface area contributed by atoms with E-state index in [1.807, 2.05) is 71.1 Å². The van der Waals surface area contributed by atoms with Gasteiger partial charge in [0, 0.05) is 41.6 Å². The number of aryl methyl sites for hydroxylation is 1. The number of amides is 1. The van der Waals surface area contributed by atoms with Crippen LogP contribution in [0.1, 0.15) is 41.0 Å². The van der Waals surface area contributed by atoms with Crippen molar-refractivity contribution in [3.05, 3.63) is 89.1 Å². The highest BCUT2D eigenvalue weighted by Crippen LogP contribution is 2.43. The van der Waals surface area contributed by atoms with Gasteiger partial charge in [-0.15, -0.1) is 0 Å². The average molecular weight is 462 g/mol. The molecule has 0 fully saturated rings. The maximum Gasteiger partial charge on any atom is 0.273 e. The molecule has 8 heteroatoms. The molecule has 0 aliphatic carbocycles. The third-order valence-electron chi connectivity index (χ3n) is 5.86. The van der Waals surface area contributed by atoms with Gasteiger partial charge < -0.3 is 14.2 Å². The van der Waals surface area contributed by atoms with Crippen LogP contribution in [0.25, 0.3) is 11.3 Å². The zero-order valence-electron chi connectivity index (χ0n) is 18.2. The molecular weight excluding hydrogens is 438 g/mol. The predicted octanol–water partition coefficient (Wildman–Crippen LogP) is 4.96. The summed E-state index contributed by atoms with van der Waals surface area (Å²) in [7, 11) is 0. The number of ether oxygens (including phenoxy) is 1. The van der Waals surface area contributed by atoms with Crippen molar-refractivity contribution in [2.24, 2.45) is 0 Å². The van der Waals surface area contributed by atoms with Crippen LogP contribution in [0.15, 0.2) is 67.3 Å². The molecule has 0 saturated carbocycles. The van der Waals surface area contributed by atoms with Gasteiger partial charge in [-0.05, 0) is 43.2 Å². The summed E-state index contributed by atoms with van der Waals surface area (Å²) in [5.74, 6) is 0.768. The Bertz CT molecular complexity index is 1230. The van der Waals surface area contributed by atoms with Gasteiger partial charge in [0.25, 0.3) is 5.91 Å². The SMILES string of the molecule is CCOc1ccc(C2c3c(-c4ccc(Cl)cc4)n[nH]c3C(=O)N2CCCn2ccnc2)cc1. The molecule has 7 nitrogen and oxygen atoms in total. The van der Waals surface area contributed by atoms with Crippen LogP contribution in [-0.4, -0.2) is 43.7 Å². The Hall–Kier alpha value is -3.58. The van der Waals surface area contributed by atoms with Crippen LogP contribution < -0.4 is 4.74 Å². The first-order valence-corrected chi connectivity index (χ1v) is 11.4. The number of carbonyl (C=O) groups excluding carboxylic acids is 1. The van der Waals surface area contributed by atoms with Gasteiger partial charge in [0.1, 0.15) is 11.4 Å². The minimum atomic E-state index is -0.240. The Balaban J connectivity index is 1.51. The standard InChI is InChI=1S/C25H24ClN5O2/c1-2-33-20-10-6-18(7-11-20)24-21-22(17-4-8-19(26)9-5-17)28-29-23(21)25(32)31(24)14-3-13-30-15-12-27-16-30/h4-12,15-16,24H,2-3,13-14H2,1H3,(H,28,29). The van der Waals surface area contributed by atoms with Gasteiger partial charge in [0.2, 0.25) is 0 Å². The van der Waals surface area contributed by atoms with E-state index in [1.54, 1.807) is 12.5 Å². The Kier molecular flexibility index (Phi) is 5.88. The number of carbonyl (C=O) groups is 1. The van der Waals surface area contributed by atoms with Crippen molar-refractivity contribution >= 4 is 17.5 Å². The normalized spacial score (nSPS) is 15.2. The lowest BCUT2D eigenvalue weighted by molar-refractivity contribution is 0.0739. The number of H-pyrrole nitrogens is 1. The van der Waals surface area contributed by atoms with Crippen LogP contribution in [0.2, 0.25) is 5.02 Å². The van der Waals surface area contributed by atoms with Crippen molar-refractivity contribution in [1.29, 1.82) is 0 Å². The van der Waals surface area contributed by atoms with Crippen molar-refractivity contribution in [3.63, 3.8) is 0 Å². The Morgan fingerprint density at radius 2 is 1.88 bits per heavy atom. The smallest absolute Gasteiger partial charge is 0.273 e. The summed E-state index contributed by atoms with van der Waals surface area (Å²) in [6.07, 6.45) is 6.30. The molecule has 33 heavy (non-hydrogen) atoms. The number of rotatable bonds is 8. The van der Waals surface area contributed by atoms with Gasteiger partial charge >= 0.3 is 0 Å². The molecule has 1 aliphatic rings. The van der Waals surface area contributed by atoms with Crippen LogP contribution in [-0.2, 0) is 6.54 Å². The molecule has 0 saturated heterocycles. The van der Waals surface area contributed by atoms with Gasteiger partial charge in [-0.1, -0.05) is 35.9 Å². The lowest BCUT2D eigenvalue weighted by Gasteiger charge is -2.26. The van der Waals surface area contributed by atoms with E-state index in [0.717, 1.165) is 41.1 Å². The second-order valence-corrected chi connectivity index (χ2v) is 8.36. The molecule has 4 aromatic rings. The quantitative estimate of drug-likeness (QED) is 0.402. The third-order valence-corrected chi connectivity index (χ3v) is 6.11. The molecule has 1 N–H and O–H groups in total. The summed E-state index contributed by atoms with van der Waals surface area (Å²) < 4.78 is 7.64. The van der Waals surface area contributed by atoms with Crippen LogP contribution in [0.3, 0.4) is 0 Å². The number of aromatic nitrogens is 4. The highest BCUT2D eigenvalue weighted by atomic mass is 35.5. The number of nitrogens with zero attached hydrogens (tertiary/aromatic N) is 4. The number of fused-ring (bicyclic) bond motifs is 1. The van der Waals surface area contributed by atoms with E-state index in [1.165, 1.54) is 0 Å². The van der Waals surface area contributed by atoms with Gasteiger partial charge in [-0.25, -0.2) is 4.98 Å². The molecule has 3 heterocycles. The van der Waals surface area contributed by atoms with Crippen LogP contribution >= 0.6 is 11.6 Å². The second-order valence-electron chi connectivity index (χ2n) is 7.92. The van der Waals surface area contributed by atoms with Gasteiger partial charge in [-0.3, -0.25) is 9.89 Å². The number of benzene rings is 2. The van der Waals surface area contributed by atoms with E-state index >= 15 is 0 Å². The first kappa shape index (κ1) is 21.3. The molecule has 2 aromatic carbocycles. The van der Waals surface area contributed by atoms with E-state index in [-0.39, 0.29) is 11.9 Å². The Morgan fingerprint density at radius 3 is 2.58 bits per heavy atom. The average Bonchev–Trinajstić information content (AvgIpc) is 3.55. The van der Waals surface area contributed by atoms with Crippen molar-refractivity contribution in [2.75, 3.05) is 13.2 Å². The maximum absolute atomic E-state index is 13.4. The molecule has 1 amide bonds. The summed E-state index contributed by atoms with van der Waals surface area (Å²) in [4.78, 5) is 19.5. The highest BCUT2D eigenvalue weighted by molar-refractivity contribution is 6.30. The lowest BCUT2D eigenvalue weighted by Crippen LogP contribution is -2.31. The molecule has 168 valence electrons. The number of hydrogen-bond acceptors (Lipinski definition) is 4. The topological polar surface area (TPSA) is 76.0 Å². The van der Waals surface area contributed by atoms with Crippen LogP contribution in [0.5, 0.6) is 5.75 Å². The van der Waals surface area contributed by atoms with Crippen molar-refractivity contribution in [3.8, 4) is 17.0 Å². The highest BCUT2D eigenvalue weighted by Gasteiger charge is 2.41. The summed E-state index contributed by atoms with van der Waals surface area (Å²) in [5, 5.41) is 8.17. The molecule has 0 radical (unpaired) electrons. The molecule has 0 bridgehead atoms. The van der Waals surface area contributed by atoms with E-state index < -0.39 is 0 Å². The van der Waals surface area contributed by atoms with E-state index in [2.05, 4.69) is 15.2 Å². The summed E-state index contributed by atoms with van der Waals surface area (Å²) in [5.41, 5.74) is 4.15. The largest absolute Gasteiger partial charge is 0.494 e. The summed E-state index contributed by atoms with van der Waals surface area (Å²) in [6, 6.07) is 15.3. The molecule has 1 atom stereocenters. The monoisotopic (exact) mass is 461 g/mol. The zero-order chi connectivity index (χ0) is 22.8. The zero-order valence-corrected chi connectivity index (χ0v) is 19.0. The van der Waals surface area contributed by atoms with Gasteiger partial charge in [-0.2, -0.15) is 5.10 Å². The number of aromatic amines is 1. The minimum absolute atomic E-state index is 0.0396. The Morgan fingerprint density at radius 1 is 1.09 bits per heavy atom. The molecule has 1 aliphatic heterocycles. The van der Waals surface area contributed by atoms with Gasteiger partial charge in [0.15, 0.2) is 0 Å². The first-order chi connectivity index (χ1) is 16.2. The van der Waals surface area contributed by atoms with Gasteiger partial charge in [0.05, 0.1) is 24.7 Å². The van der Waals surface area contributed by atoms with Crippen molar-refractivity contribution in [1.82, 2.24) is 24.6 Å². The lowest BCUT2D eigenvalue weighted by atomic mass is 9.96. The third kappa shape index (κ3) is 4.12. The van der Waals surface area contributed by atoms with E-state index in [4.69, 9.17) is 16.3 Å². The fourth-order valence-electron chi connectivity index (χ4n) is 4.36. The molecule has 5 rings (SSSR count). The number of halogens is 1. The predicted molar refractivity (Wildman–Crippen MR) is 126 cm³/mol. The first-order valence-electron chi connectivity index (χ1n) is 11.0. The summed E-state index contributed by atoms with van der Waals surface area (Å²) in [6.45, 7) is 3.96. The molecule has 0 spiro atoms. The number of nitrogens with one attached hydrogen (secondary N) is 1. The maximum atomic E-state index is 13.4. The Labute approximate surface area is 197 Å². The molecule has 2 aromatic heterocycles. The summed E-state index contributed by atoms with van der Waals surface area (Å²) >= 11 is 6.09. The van der Waals surface area contributed by atoms with E-state index in [0.29, 0.717) is 23.9 Å². The van der Waals surface area contributed by atoms with Crippen LogP contribution in [0, 0.1) is 0 Å². The van der Waals surface area contributed by atoms with Crippen molar-refractivity contribution in [2.45, 2.75) is 25.9 Å². The number of imidazole rings is 1. The van der Waals surface area contributed by atoms with E-state index in [9.17, 15) is 4.79 Å². The molecule has 1 unspecified atom stereocenters. The minimum Gasteiger partial charge on any atom is -0.494 e.